The Morgan fingerprint density at radius 1 is 1.40 bits per heavy atom. The number of carbonyl (C=O) groups is 1. The Morgan fingerprint density at radius 3 is 2.84 bits per heavy atom. The average Bonchev–Trinajstić information content (AvgIpc) is 3.18. The smallest absolute Gasteiger partial charge is 0.259 e. The number of carbonyl (C=O) groups excluding carboxylic acids is 1. The topological polar surface area (TPSA) is 71.3 Å². The Kier molecular flexibility index (Phi) is 5.29. The lowest BCUT2D eigenvalue weighted by Crippen LogP contribution is -2.42. The van der Waals surface area contributed by atoms with E-state index in [2.05, 4.69) is 22.4 Å². The van der Waals surface area contributed by atoms with Crippen molar-refractivity contribution in [1.82, 2.24) is 20.4 Å². The first-order valence-electron chi connectivity index (χ1n) is 8.97. The molecule has 136 valence electrons. The van der Waals surface area contributed by atoms with Crippen LogP contribution >= 0.6 is 12.4 Å². The molecule has 2 aliphatic rings. The molecule has 0 spiro atoms. The number of pyridine rings is 1. The maximum atomic E-state index is 13.4. The molecule has 1 aliphatic carbocycles. The third kappa shape index (κ3) is 3.37. The number of aryl methyl sites for hydroxylation is 1. The van der Waals surface area contributed by atoms with Gasteiger partial charge in [-0.05, 0) is 45.2 Å². The van der Waals surface area contributed by atoms with Gasteiger partial charge in [-0.3, -0.25) is 4.79 Å². The molecule has 1 saturated carbocycles. The van der Waals surface area contributed by atoms with Crippen LogP contribution in [-0.4, -0.2) is 46.6 Å². The van der Waals surface area contributed by atoms with Gasteiger partial charge in [-0.25, -0.2) is 4.98 Å². The zero-order valence-electron chi connectivity index (χ0n) is 14.7. The summed E-state index contributed by atoms with van der Waals surface area (Å²) in [6.07, 6.45) is 4.25. The lowest BCUT2D eigenvalue weighted by atomic mass is 10.0. The molecule has 1 saturated heterocycles. The van der Waals surface area contributed by atoms with Crippen molar-refractivity contribution < 1.29 is 9.32 Å². The van der Waals surface area contributed by atoms with Crippen molar-refractivity contribution in [2.45, 2.75) is 51.5 Å². The van der Waals surface area contributed by atoms with Crippen LogP contribution in [0.2, 0.25) is 0 Å². The second-order valence-corrected chi connectivity index (χ2v) is 6.96. The van der Waals surface area contributed by atoms with E-state index in [0.717, 1.165) is 62.1 Å². The van der Waals surface area contributed by atoms with Crippen LogP contribution in [0.25, 0.3) is 11.1 Å². The molecule has 0 radical (unpaired) electrons. The minimum Gasteiger partial charge on any atom is -0.336 e. The van der Waals surface area contributed by atoms with Gasteiger partial charge < -0.3 is 14.7 Å². The zero-order valence-corrected chi connectivity index (χ0v) is 15.6. The van der Waals surface area contributed by atoms with Gasteiger partial charge in [0.05, 0.1) is 16.6 Å². The lowest BCUT2D eigenvalue weighted by Gasteiger charge is -2.28. The number of nitrogens with one attached hydrogen (secondary N) is 1. The van der Waals surface area contributed by atoms with E-state index in [1.807, 2.05) is 17.9 Å². The second-order valence-electron chi connectivity index (χ2n) is 6.96. The minimum absolute atomic E-state index is 0. The first-order valence-corrected chi connectivity index (χ1v) is 8.97. The Hall–Kier alpha value is -1.66. The first-order chi connectivity index (χ1) is 11.7. The summed E-state index contributed by atoms with van der Waals surface area (Å²) in [5.74, 6) is 0.560. The van der Waals surface area contributed by atoms with Crippen molar-refractivity contribution >= 4 is 29.4 Å². The lowest BCUT2D eigenvalue weighted by molar-refractivity contribution is 0.0694. The van der Waals surface area contributed by atoms with Crippen molar-refractivity contribution in [3.63, 3.8) is 0 Å². The highest BCUT2D eigenvalue weighted by Gasteiger charge is 2.32. The summed E-state index contributed by atoms with van der Waals surface area (Å²) in [4.78, 5) is 20.0. The predicted molar refractivity (Wildman–Crippen MR) is 98.4 cm³/mol. The van der Waals surface area contributed by atoms with Crippen molar-refractivity contribution in [2.75, 3.05) is 19.6 Å². The number of nitrogens with zero attached hydrogens (tertiary/aromatic N) is 3. The molecule has 2 aromatic rings. The van der Waals surface area contributed by atoms with Gasteiger partial charge in [-0.2, -0.15) is 0 Å². The molecule has 3 heterocycles. The second kappa shape index (κ2) is 7.30. The van der Waals surface area contributed by atoms with Crippen molar-refractivity contribution in [1.29, 1.82) is 0 Å². The average molecular weight is 365 g/mol. The molecule has 0 bridgehead atoms. The molecule has 4 rings (SSSR count). The molecule has 2 fully saturated rings. The van der Waals surface area contributed by atoms with E-state index in [-0.39, 0.29) is 24.4 Å². The van der Waals surface area contributed by atoms with Gasteiger partial charge in [0.1, 0.15) is 0 Å². The molecule has 1 aliphatic heterocycles. The zero-order chi connectivity index (χ0) is 16.7. The van der Waals surface area contributed by atoms with Crippen molar-refractivity contribution in [2.24, 2.45) is 0 Å². The van der Waals surface area contributed by atoms with Crippen LogP contribution in [0.1, 0.15) is 60.3 Å². The SMILES string of the molecule is CCCN(C(=O)c1cc(C2CC2)nc2onc(C)c12)C1CCNC1.Cl. The molecular formula is C18H25ClN4O2. The molecule has 6 nitrogen and oxygen atoms in total. The quantitative estimate of drug-likeness (QED) is 0.882. The van der Waals surface area contributed by atoms with Gasteiger partial charge in [-0.15, -0.1) is 12.4 Å². The minimum atomic E-state index is 0. The highest BCUT2D eigenvalue weighted by molar-refractivity contribution is 6.06. The Balaban J connectivity index is 0.00000182. The van der Waals surface area contributed by atoms with Crippen LogP contribution in [0.15, 0.2) is 10.6 Å². The molecule has 2 aromatic heterocycles. The number of halogens is 1. The molecule has 1 amide bonds. The molecule has 1 atom stereocenters. The van der Waals surface area contributed by atoms with E-state index in [4.69, 9.17) is 4.52 Å². The van der Waals surface area contributed by atoms with Crippen LogP contribution in [-0.2, 0) is 0 Å². The van der Waals surface area contributed by atoms with Gasteiger partial charge in [0.2, 0.25) is 0 Å². The van der Waals surface area contributed by atoms with E-state index >= 15 is 0 Å². The maximum absolute atomic E-state index is 13.4. The fourth-order valence-corrected chi connectivity index (χ4v) is 3.62. The third-order valence-electron chi connectivity index (χ3n) is 5.06. The largest absolute Gasteiger partial charge is 0.336 e. The highest BCUT2D eigenvalue weighted by atomic mass is 35.5. The van der Waals surface area contributed by atoms with E-state index in [0.29, 0.717) is 17.2 Å². The van der Waals surface area contributed by atoms with Gasteiger partial charge in [0.15, 0.2) is 0 Å². The van der Waals surface area contributed by atoms with Crippen LogP contribution in [0.3, 0.4) is 0 Å². The normalized spacial score (nSPS) is 19.8. The van der Waals surface area contributed by atoms with Crippen LogP contribution in [0, 0.1) is 6.92 Å². The summed E-state index contributed by atoms with van der Waals surface area (Å²) in [6, 6.07) is 2.25. The molecule has 1 unspecified atom stereocenters. The van der Waals surface area contributed by atoms with Crippen LogP contribution in [0.5, 0.6) is 0 Å². The third-order valence-corrected chi connectivity index (χ3v) is 5.06. The molecule has 1 N–H and O–H groups in total. The molecule has 0 aromatic carbocycles. The van der Waals surface area contributed by atoms with Crippen molar-refractivity contribution in [3.8, 4) is 0 Å². The summed E-state index contributed by atoms with van der Waals surface area (Å²) in [5.41, 5.74) is 2.93. The summed E-state index contributed by atoms with van der Waals surface area (Å²) < 4.78 is 5.38. The molecule has 7 heteroatoms. The highest BCUT2D eigenvalue weighted by Crippen LogP contribution is 2.40. The number of amides is 1. The van der Waals surface area contributed by atoms with E-state index in [1.165, 1.54) is 0 Å². The molecule has 25 heavy (non-hydrogen) atoms. The summed E-state index contributed by atoms with van der Waals surface area (Å²) >= 11 is 0. The Labute approximate surface area is 153 Å². The monoisotopic (exact) mass is 364 g/mol. The van der Waals surface area contributed by atoms with E-state index < -0.39 is 0 Å². The number of hydrogen-bond acceptors (Lipinski definition) is 5. The first kappa shape index (κ1) is 18.1. The van der Waals surface area contributed by atoms with Crippen LogP contribution < -0.4 is 5.32 Å². The van der Waals surface area contributed by atoms with E-state index in [9.17, 15) is 4.79 Å². The number of aromatic nitrogens is 2. The van der Waals surface area contributed by atoms with Gasteiger partial charge in [-0.1, -0.05) is 12.1 Å². The molecular weight excluding hydrogens is 340 g/mol. The van der Waals surface area contributed by atoms with Crippen LogP contribution in [0.4, 0.5) is 0 Å². The number of rotatable bonds is 5. The predicted octanol–water partition coefficient (Wildman–Crippen LogP) is 3.04. The summed E-state index contributed by atoms with van der Waals surface area (Å²) in [5, 5.41) is 8.18. The maximum Gasteiger partial charge on any atom is 0.259 e. The standard InChI is InChI=1S/C18H24N4O2.ClH/c1-3-8-22(13-6-7-19-10-13)18(23)14-9-15(12-4-5-12)20-17-16(14)11(2)21-24-17;/h9,12-13,19H,3-8,10H2,1-2H3;1H. The summed E-state index contributed by atoms with van der Waals surface area (Å²) in [7, 11) is 0. The summed E-state index contributed by atoms with van der Waals surface area (Å²) in [6.45, 7) is 6.62. The van der Waals surface area contributed by atoms with Gasteiger partial charge >= 0.3 is 0 Å². The van der Waals surface area contributed by atoms with Gasteiger partial charge in [0.25, 0.3) is 11.6 Å². The Bertz CT molecular complexity index is 766. The number of fused-ring (bicyclic) bond motifs is 1. The fraction of sp³-hybridized carbons (Fsp3) is 0.611. The fourth-order valence-electron chi connectivity index (χ4n) is 3.62. The number of hydrogen-bond donors (Lipinski definition) is 1. The van der Waals surface area contributed by atoms with Crippen molar-refractivity contribution in [3.05, 3.63) is 23.0 Å². The van der Waals surface area contributed by atoms with E-state index in [1.54, 1.807) is 0 Å². The van der Waals surface area contributed by atoms with Gasteiger partial charge in [0, 0.05) is 30.7 Å². The Morgan fingerprint density at radius 2 is 2.20 bits per heavy atom.